The highest BCUT2D eigenvalue weighted by molar-refractivity contribution is 6.08. The molecule has 1 atom stereocenters. The third kappa shape index (κ3) is 4.20. The van der Waals surface area contributed by atoms with Crippen molar-refractivity contribution in [3.63, 3.8) is 0 Å². The van der Waals surface area contributed by atoms with Crippen LogP contribution in [-0.4, -0.2) is 40.3 Å². The quantitative estimate of drug-likeness (QED) is 0.301. The predicted octanol–water partition coefficient (Wildman–Crippen LogP) is 0.239. The smallest absolute Gasteiger partial charge is 0.238 e. The van der Waals surface area contributed by atoms with Crippen molar-refractivity contribution in [3.8, 4) is 0 Å². The fourth-order valence-corrected chi connectivity index (χ4v) is 1.99. The highest BCUT2D eigenvalue weighted by atomic mass is 16.4. The zero-order chi connectivity index (χ0) is 16.0. The van der Waals surface area contributed by atoms with Crippen LogP contribution in [0.2, 0.25) is 0 Å². The Morgan fingerprint density at radius 2 is 1.81 bits per heavy atom. The Hall–Kier alpha value is -2.57. The van der Waals surface area contributed by atoms with Crippen LogP contribution < -0.4 is 11.5 Å². The van der Waals surface area contributed by atoms with Crippen molar-refractivity contribution in [2.75, 3.05) is 6.54 Å². The number of nitrogens with two attached hydrogens (primary N) is 2. The average Bonchev–Trinajstić information content (AvgIpc) is 2.45. The maximum Gasteiger partial charge on any atom is 0.238 e. The topological polar surface area (TPSA) is 122 Å². The number of rotatable bonds is 6. The van der Waals surface area contributed by atoms with Gasteiger partial charge < -0.3 is 21.6 Å². The van der Waals surface area contributed by atoms with Crippen LogP contribution in [0.15, 0.2) is 35.5 Å². The molecular weight excluding hydrogens is 272 g/mol. The third-order valence-electron chi connectivity index (χ3n) is 3.02. The average molecular weight is 292 g/mol. The summed E-state index contributed by atoms with van der Waals surface area (Å²) in [5.74, 6) is -2.26. The number of carbonyl (C=O) groups excluding carboxylic acids is 2. The van der Waals surface area contributed by atoms with Crippen LogP contribution in [0.25, 0.3) is 0 Å². The lowest BCUT2D eigenvalue weighted by molar-refractivity contribution is -0.137. The largest absolute Gasteiger partial charge is 0.409 e. The molecule has 0 spiro atoms. The Labute approximate surface area is 123 Å². The summed E-state index contributed by atoms with van der Waals surface area (Å²) in [6.45, 7) is 3.29. The van der Waals surface area contributed by atoms with E-state index in [1.54, 1.807) is 44.2 Å². The van der Waals surface area contributed by atoms with E-state index in [-0.39, 0.29) is 18.4 Å². The van der Waals surface area contributed by atoms with E-state index < -0.39 is 17.7 Å². The molecule has 1 rings (SSSR count). The van der Waals surface area contributed by atoms with Crippen LogP contribution in [-0.2, 0) is 9.59 Å². The predicted molar refractivity (Wildman–Crippen MR) is 78.6 cm³/mol. The normalized spacial score (nSPS) is 13.0. The number of carbonyl (C=O) groups is 2. The molecule has 2 amide bonds. The number of amidine groups is 1. The van der Waals surface area contributed by atoms with Crippen LogP contribution in [0.4, 0.5) is 0 Å². The summed E-state index contributed by atoms with van der Waals surface area (Å²) in [5.41, 5.74) is 11.4. The van der Waals surface area contributed by atoms with Crippen molar-refractivity contribution in [2.45, 2.75) is 25.8 Å². The minimum Gasteiger partial charge on any atom is -0.409 e. The molecule has 7 heteroatoms. The summed E-state index contributed by atoms with van der Waals surface area (Å²) in [7, 11) is 0. The van der Waals surface area contributed by atoms with Crippen molar-refractivity contribution < 1.29 is 14.8 Å². The first kappa shape index (κ1) is 16.5. The zero-order valence-corrected chi connectivity index (χ0v) is 12.1. The van der Waals surface area contributed by atoms with Crippen molar-refractivity contribution in [3.05, 3.63) is 35.9 Å². The molecule has 1 aromatic carbocycles. The number of benzene rings is 1. The Balaban J connectivity index is 3.19. The molecule has 7 nitrogen and oxygen atoms in total. The maximum absolute atomic E-state index is 12.7. The summed E-state index contributed by atoms with van der Waals surface area (Å²) in [5, 5.41) is 11.9. The van der Waals surface area contributed by atoms with E-state index in [9.17, 15) is 9.59 Å². The van der Waals surface area contributed by atoms with Gasteiger partial charge in [-0.2, -0.15) is 0 Å². The van der Waals surface area contributed by atoms with Gasteiger partial charge in [-0.1, -0.05) is 35.5 Å². The van der Waals surface area contributed by atoms with Crippen molar-refractivity contribution >= 4 is 17.6 Å². The molecule has 0 saturated carbocycles. The van der Waals surface area contributed by atoms with Crippen LogP contribution >= 0.6 is 0 Å². The number of primary amides is 1. The molecule has 0 aromatic heterocycles. The first-order valence-corrected chi connectivity index (χ1v) is 6.49. The molecule has 0 bridgehead atoms. The number of hydrogen-bond donors (Lipinski definition) is 3. The van der Waals surface area contributed by atoms with Gasteiger partial charge in [0.1, 0.15) is 5.92 Å². The van der Waals surface area contributed by atoms with Gasteiger partial charge in [0.05, 0.1) is 6.54 Å². The van der Waals surface area contributed by atoms with Gasteiger partial charge in [-0.25, -0.2) is 0 Å². The maximum atomic E-state index is 12.7. The minimum atomic E-state index is -0.960. The van der Waals surface area contributed by atoms with Gasteiger partial charge in [-0.05, 0) is 19.4 Å². The molecule has 0 aliphatic carbocycles. The molecular formula is C14H20N4O3. The molecule has 0 saturated heterocycles. The summed E-state index contributed by atoms with van der Waals surface area (Å²) < 4.78 is 0. The highest BCUT2D eigenvalue weighted by Crippen LogP contribution is 2.20. The molecule has 114 valence electrons. The lowest BCUT2D eigenvalue weighted by atomic mass is 9.96. The SMILES string of the molecule is CC(C)N(CC(N)=O)C(=O)C(C(N)=NO)c1ccccc1. The van der Waals surface area contributed by atoms with Crippen molar-refractivity contribution in [2.24, 2.45) is 16.6 Å². The standard InChI is InChI=1S/C14H20N4O3/c1-9(2)18(8-11(15)19)14(20)12(13(16)17-21)10-6-4-3-5-7-10/h3-7,9,12,21H,8H2,1-2H3,(H2,15,19)(H2,16,17). The molecule has 0 fully saturated rings. The number of hydrogen-bond acceptors (Lipinski definition) is 4. The first-order valence-electron chi connectivity index (χ1n) is 6.49. The zero-order valence-electron chi connectivity index (χ0n) is 12.1. The number of nitrogens with zero attached hydrogens (tertiary/aromatic N) is 2. The van der Waals surface area contributed by atoms with Crippen LogP contribution in [0.3, 0.4) is 0 Å². The molecule has 1 aromatic rings. The molecule has 0 aliphatic heterocycles. The fraction of sp³-hybridized carbons (Fsp3) is 0.357. The van der Waals surface area contributed by atoms with Gasteiger partial charge in [-0.15, -0.1) is 0 Å². The second-order valence-electron chi connectivity index (χ2n) is 4.89. The summed E-state index contributed by atoms with van der Waals surface area (Å²) >= 11 is 0. The van der Waals surface area contributed by atoms with E-state index in [1.165, 1.54) is 4.90 Å². The third-order valence-corrected chi connectivity index (χ3v) is 3.02. The second kappa shape index (κ2) is 7.28. The van der Waals surface area contributed by atoms with E-state index in [0.717, 1.165) is 0 Å². The van der Waals surface area contributed by atoms with E-state index in [2.05, 4.69) is 5.16 Å². The van der Waals surface area contributed by atoms with Gasteiger partial charge >= 0.3 is 0 Å². The fourth-order valence-electron chi connectivity index (χ4n) is 1.99. The highest BCUT2D eigenvalue weighted by Gasteiger charge is 2.31. The van der Waals surface area contributed by atoms with E-state index in [0.29, 0.717) is 5.56 Å². The number of amides is 2. The monoisotopic (exact) mass is 292 g/mol. The summed E-state index contributed by atoms with van der Waals surface area (Å²) in [4.78, 5) is 25.1. The Morgan fingerprint density at radius 3 is 2.24 bits per heavy atom. The van der Waals surface area contributed by atoms with Gasteiger partial charge in [0.25, 0.3) is 0 Å². The Bertz CT molecular complexity index is 528. The van der Waals surface area contributed by atoms with E-state index in [4.69, 9.17) is 16.7 Å². The summed E-state index contributed by atoms with van der Waals surface area (Å²) in [6, 6.07) is 8.43. The molecule has 0 aliphatic rings. The summed E-state index contributed by atoms with van der Waals surface area (Å²) in [6.07, 6.45) is 0. The molecule has 0 heterocycles. The van der Waals surface area contributed by atoms with Crippen LogP contribution in [0.1, 0.15) is 25.3 Å². The Kier molecular flexibility index (Phi) is 5.71. The van der Waals surface area contributed by atoms with E-state index in [1.807, 2.05) is 0 Å². The second-order valence-corrected chi connectivity index (χ2v) is 4.89. The van der Waals surface area contributed by atoms with Crippen molar-refractivity contribution in [1.29, 1.82) is 0 Å². The minimum absolute atomic E-state index is 0.224. The van der Waals surface area contributed by atoms with Gasteiger partial charge in [0, 0.05) is 6.04 Å². The van der Waals surface area contributed by atoms with E-state index >= 15 is 0 Å². The molecule has 5 N–H and O–H groups in total. The van der Waals surface area contributed by atoms with Crippen LogP contribution in [0, 0.1) is 0 Å². The first-order chi connectivity index (χ1) is 9.88. The number of oxime groups is 1. The van der Waals surface area contributed by atoms with Crippen molar-refractivity contribution in [1.82, 2.24) is 4.90 Å². The molecule has 0 radical (unpaired) electrons. The lowest BCUT2D eigenvalue weighted by Gasteiger charge is -2.29. The molecule has 21 heavy (non-hydrogen) atoms. The molecule has 1 unspecified atom stereocenters. The van der Waals surface area contributed by atoms with Crippen LogP contribution in [0.5, 0.6) is 0 Å². The van der Waals surface area contributed by atoms with Gasteiger partial charge in [0.15, 0.2) is 5.84 Å². The Morgan fingerprint density at radius 1 is 1.24 bits per heavy atom. The van der Waals surface area contributed by atoms with Gasteiger partial charge in [0.2, 0.25) is 11.8 Å². The van der Waals surface area contributed by atoms with Gasteiger partial charge in [-0.3, -0.25) is 9.59 Å². The lowest BCUT2D eigenvalue weighted by Crippen LogP contribution is -2.47.